The molecule has 1 heterocycles. The van der Waals surface area contributed by atoms with E-state index in [2.05, 4.69) is 19.2 Å². The molecule has 1 saturated heterocycles. The molecule has 3 nitrogen and oxygen atoms in total. The van der Waals surface area contributed by atoms with Crippen LogP contribution in [0, 0.1) is 5.92 Å². The summed E-state index contributed by atoms with van der Waals surface area (Å²) in [5.41, 5.74) is 0. The van der Waals surface area contributed by atoms with Crippen LogP contribution in [0.4, 0.5) is 0 Å². The van der Waals surface area contributed by atoms with Gasteiger partial charge in [0.15, 0.2) is 0 Å². The third-order valence-corrected chi connectivity index (χ3v) is 2.24. The summed E-state index contributed by atoms with van der Waals surface area (Å²) >= 11 is 0. The summed E-state index contributed by atoms with van der Waals surface area (Å²) in [6.07, 6.45) is 0. The van der Waals surface area contributed by atoms with Gasteiger partial charge in [0.25, 0.3) is 0 Å². The van der Waals surface area contributed by atoms with Crippen molar-refractivity contribution in [1.29, 1.82) is 0 Å². The lowest BCUT2D eigenvalue weighted by Gasteiger charge is -2.33. The van der Waals surface area contributed by atoms with E-state index in [0.29, 0.717) is 18.0 Å². The van der Waals surface area contributed by atoms with Gasteiger partial charge in [0.2, 0.25) is 0 Å². The van der Waals surface area contributed by atoms with Gasteiger partial charge < -0.3 is 14.8 Å². The first-order valence-corrected chi connectivity index (χ1v) is 4.56. The van der Waals surface area contributed by atoms with Crippen molar-refractivity contribution in [1.82, 2.24) is 5.32 Å². The normalized spacial score (nSPS) is 21.0. The Balaban J connectivity index is 2.21. The van der Waals surface area contributed by atoms with E-state index in [1.54, 1.807) is 7.11 Å². The molecular weight excluding hydrogens is 154 g/mol. The molecule has 1 fully saturated rings. The summed E-state index contributed by atoms with van der Waals surface area (Å²) in [5, 5.41) is 3.50. The molecule has 0 radical (unpaired) electrons. The highest BCUT2D eigenvalue weighted by Gasteiger charge is 2.23. The second kappa shape index (κ2) is 4.80. The van der Waals surface area contributed by atoms with Crippen LogP contribution in [0.2, 0.25) is 0 Å². The van der Waals surface area contributed by atoms with Gasteiger partial charge in [-0.15, -0.1) is 0 Å². The maximum absolute atomic E-state index is 5.13. The maximum Gasteiger partial charge on any atom is 0.0643 e. The van der Waals surface area contributed by atoms with Crippen molar-refractivity contribution in [2.24, 2.45) is 5.92 Å². The number of hydrogen-bond acceptors (Lipinski definition) is 3. The molecule has 1 unspecified atom stereocenters. The van der Waals surface area contributed by atoms with E-state index >= 15 is 0 Å². The quantitative estimate of drug-likeness (QED) is 0.662. The van der Waals surface area contributed by atoms with Crippen LogP contribution in [0.15, 0.2) is 0 Å². The van der Waals surface area contributed by atoms with Crippen molar-refractivity contribution in [3.05, 3.63) is 0 Å². The van der Waals surface area contributed by atoms with Gasteiger partial charge in [-0.25, -0.2) is 0 Å². The molecule has 0 aromatic rings. The number of nitrogens with one attached hydrogen (secondary N) is 1. The van der Waals surface area contributed by atoms with Gasteiger partial charge in [0.05, 0.1) is 25.9 Å². The third-order valence-electron chi connectivity index (χ3n) is 2.24. The fourth-order valence-electron chi connectivity index (χ4n) is 1.25. The van der Waals surface area contributed by atoms with Crippen molar-refractivity contribution in [3.8, 4) is 0 Å². The average molecular weight is 173 g/mol. The van der Waals surface area contributed by atoms with E-state index in [0.717, 1.165) is 19.8 Å². The molecule has 3 heteroatoms. The van der Waals surface area contributed by atoms with Crippen molar-refractivity contribution >= 4 is 0 Å². The van der Waals surface area contributed by atoms with Crippen molar-refractivity contribution in [2.45, 2.75) is 25.9 Å². The summed E-state index contributed by atoms with van der Waals surface area (Å²) in [5.74, 6) is 0.616. The lowest BCUT2D eigenvalue weighted by Crippen LogP contribution is -2.53. The lowest BCUT2D eigenvalue weighted by molar-refractivity contribution is -0.0179. The van der Waals surface area contributed by atoms with E-state index < -0.39 is 0 Å². The number of ether oxygens (including phenoxy) is 2. The Morgan fingerprint density at radius 3 is 2.50 bits per heavy atom. The molecule has 72 valence electrons. The van der Waals surface area contributed by atoms with Crippen LogP contribution in [0.5, 0.6) is 0 Å². The van der Waals surface area contributed by atoms with Crippen molar-refractivity contribution < 1.29 is 9.47 Å². The van der Waals surface area contributed by atoms with Crippen LogP contribution in [0.3, 0.4) is 0 Å². The second-order valence-electron chi connectivity index (χ2n) is 3.71. The Kier molecular flexibility index (Phi) is 3.98. The zero-order valence-electron chi connectivity index (χ0n) is 8.17. The third kappa shape index (κ3) is 2.73. The minimum absolute atomic E-state index is 0.462. The fraction of sp³-hybridized carbons (Fsp3) is 1.00. The fourth-order valence-corrected chi connectivity index (χ4v) is 1.25. The molecule has 1 aliphatic heterocycles. The molecule has 0 bridgehead atoms. The van der Waals surface area contributed by atoms with Crippen LogP contribution in [-0.4, -0.2) is 39.0 Å². The molecule has 0 saturated carbocycles. The van der Waals surface area contributed by atoms with E-state index in [9.17, 15) is 0 Å². The minimum atomic E-state index is 0.462. The molecule has 0 amide bonds. The zero-order valence-corrected chi connectivity index (χ0v) is 8.17. The largest absolute Gasteiger partial charge is 0.383 e. The molecule has 0 spiro atoms. The highest BCUT2D eigenvalue weighted by Crippen LogP contribution is 2.07. The Morgan fingerprint density at radius 2 is 2.17 bits per heavy atom. The van der Waals surface area contributed by atoms with Gasteiger partial charge in [0.1, 0.15) is 0 Å². The molecule has 1 aliphatic rings. The van der Waals surface area contributed by atoms with Gasteiger partial charge in [-0.05, 0) is 5.92 Å². The standard InChI is InChI=1S/C9H19NO2/c1-7(2)9(6-11-3)10-8-4-12-5-8/h7-10H,4-6H2,1-3H3. The van der Waals surface area contributed by atoms with Gasteiger partial charge in [-0.1, -0.05) is 13.8 Å². The molecule has 12 heavy (non-hydrogen) atoms. The number of hydrogen-bond donors (Lipinski definition) is 1. The van der Waals surface area contributed by atoms with Crippen LogP contribution >= 0.6 is 0 Å². The SMILES string of the molecule is COCC(NC1COC1)C(C)C. The highest BCUT2D eigenvalue weighted by molar-refractivity contribution is 4.80. The van der Waals surface area contributed by atoms with Gasteiger partial charge in [-0.2, -0.15) is 0 Å². The molecule has 1 rings (SSSR count). The minimum Gasteiger partial charge on any atom is -0.383 e. The Hall–Kier alpha value is -0.120. The predicted molar refractivity (Wildman–Crippen MR) is 48.2 cm³/mol. The summed E-state index contributed by atoms with van der Waals surface area (Å²) < 4.78 is 10.2. The van der Waals surface area contributed by atoms with E-state index in [1.165, 1.54) is 0 Å². The topological polar surface area (TPSA) is 30.5 Å². The monoisotopic (exact) mass is 173 g/mol. The lowest BCUT2D eigenvalue weighted by atomic mass is 10.0. The summed E-state index contributed by atoms with van der Waals surface area (Å²) in [7, 11) is 1.74. The summed E-state index contributed by atoms with van der Waals surface area (Å²) in [6, 6.07) is 1.01. The smallest absolute Gasteiger partial charge is 0.0643 e. The Bertz CT molecular complexity index is 124. The van der Waals surface area contributed by atoms with E-state index in [4.69, 9.17) is 9.47 Å². The molecule has 1 atom stereocenters. The number of methoxy groups -OCH3 is 1. The molecule has 0 aliphatic carbocycles. The van der Waals surface area contributed by atoms with Crippen LogP contribution in [0.25, 0.3) is 0 Å². The van der Waals surface area contributed by atoms with Gasteiger partial charge in [-0.3, -0.25) is 0 Å². The summed E-state index contributed by atoms with van der Waals surface area (Å²) in [4.78, 5) is 0. The summed E-state index contributed by atoms with van der Waals surface area (Å²) in [6.45, 7) is 6.90. The molecule has 1 N–H and O–H groups in total. The van der Waals surface area contributed by atoms with Crippen LogP contribution < -0.4 is 5.32 Å². The Labute approximate surface area is 74.4 Å². The first kappa shape index (κ1) is 9.96. The Morgan fingerprint density at radius 1 is 1.50 bits per heavy atom. The van der Waals surface area contributed by atoms with E-state index in [1.807, 2.05) is 0 Å². The predicted octanol–water partition coefficient (Wildman–Crippen LogP) is 0.646. The first-order chi connectivity index (χ1) is 5.74. The van der Waals surface area contributed by atoms with E-state index in [-0.39, 0.29) is 0 Å². The molecular formula is C9H19NO2. The number of rotatable bonds is 5. The van der Waals surface area contributed by atoms with Gasteiger partial charge >= 0.3 is 0 Å². The molecule has 0 aromatic heterocycles. The average Bonchev–Trinajstić information content (AvgIpc) is 1.93. The van der Waals surface area contributed by atoms with Crippen LogP contribution in [-0.2, 0) is 9.47 Å². The molecule has 0 aromatic carbocycles. The van der Waals surface area contributed by atoms with Crippen molar-refractivity contribution in [3.63, 3.8) is 0 Å². The van der Waals surface area contributed by atoms with Crippen molar-refractivity contribution in [2.75, 3.05) is 26.9 Å². The van der Waals surface area contributed by atoms with Crippen LogP contribution in [0.1, 0.15) is 13.8 Å². The highest BCUT2D eigenvalue weighted by atomic mass is 16.5. The first-order valence-electron chi connectivity index (χ1n) is 4.56. The van der Waals surface area contributed by atoms with Gasteiger partial charge in [0, 0.05) is 13.2 Å². The zero-order chi connectivity index (χ0) is 8.97. The second-order valence-corrected chi connectivity index (χ2v) is 3.71. The maximum atomic E-state index is 5.13.